The molecule has 1 saturated heterocycles. The zero-order valence-corrected chi connectivity index (χ0v) is 15.0. The molecule has 2 atom stereocenters. The number of hydrazone groups is 1. The van der Waals surface area contributed by atoms with Gasteiger partial charge in [-0.2, -0.15) is 5.10 Å². The van der Waals surface area contributed by atoms with E-state index in [-0.39, 0.29) is 22.8 Å². The van der Waals surface area contributed by atoms with E-state index < -0.39 is 6.10 Å². The number of hydrogen-bond donors (Lipinski definition) is 0. The van der Waals surface area contributed by atoms with Gasteiger partial charge in [0.15, 0.2) is 6.10 Å². The van der Waals surface area contributed by atoms with Crippen LogP contribution in [0, 0.1) is 10.8 Å². The van der Waals surface area contributed by atoms with E-state index in [2.05, 4.69) is 46.6 Å². The first-order valence-electron chi connectivity index (χ1n) is 8.13. The van der Waals surface area contributed by atoms with E-state index in [1.807, 2.05) is 36.5 Å². The van der Waals surface area contributed by atoms with Crippen LogP contribution in [0.4, 0.5) is 0 Å². The molecule has 0 aliphatic carbocycles. The molecule has 0 N–H and O–H groups in total. The van der Waals surface area contributed by atoms with Crippen LogP contribution in [-0.4, -0.2) is 29.3 Å². The number of carbonyl (C=O) groups excluding carboxylic acids is 1. The van der Waals surface area contributed by atoms with E-state index in [9.17, 15) is 4.79 Å². The number of ether oxygens (including phenoxy) is 1. The first-order valence-corrected chi connectivity index (χ1v) is 8.13. The minimum atomic E-state index is -0.424. The summed E-state index contributed by atoms with van der Waals surface area (Å²) in [4.78, 5) is 12.4. The third kappa shape index (κ3) is 4.41. The van der Waals surface area contributed by atoms with Gasteiger partial charge in [-0.3, -0.25) is 4.79 Å². The molecule has 1 aliphatic heterocycles. The molecule has 1 heterocycles. The first-order chi connectivity index (χ1) is 10.6. The maximum Gasteiger partial charge on any atom is 0.274 e. The summed E-state index contributed by atoms with van der Waals surface area (Å²) in [6.07, 6.45) is 1.41. The average Bonchev–Trinajstić information content (AvgIpc) is 2.43. The first kappa shape index (κ1) is 17.7. The van der Waals surface area contributed by atoms with Crippen molar-refractivity contribution in [2.24, 2.45) is 15.9 Å². The molecule has 1 aromatic rings. The number of β-lactam (4-membered cyclic amide) rings is 1. The summed E-state index contributed by atoms with van der Waals surface area (Å²) >= 11 is 0. The van der Waals surface area contributed by atoms with Crippen molar-refractivity contribution in [1.82, 2.24) is 5.01 Å². The summed E-state index contributed by atoms with van der Waals surface area (Å²) in [5, 5.41) is 6.00. The highest BCUT2D eigenvalue weighted by atomic mass is 16.5. The molecule has 0 spiro atoms. The minimum absolute atomic E-state index is 0.0442. The van der Waals surface area contributed by atoms with Crippen LogP contribution in [0.15, 0.2) is 35.4 Å². The van der Waals surface area contributed by atoms with E-state index in [0.29, 0.717) is 6.61 Å². The highest BCUT2D eigenvalue weighted by Crippen LogP contribution is 2.37. The summed E-state index contributed by atoms with van der Waals surface area (Å²) in [7, 11) is 0. The van der Waals surface area contributed by atoms with Crippen molar-refractivity contribution >= 4 is 12.1 Å². The molecule has 23 heavy (non-hydrogen) atoms. The lowest BCUT2D eigenvalue weighted by Gasteiger charge is -2.49. The quantitative estimate of drug-likeness (QED) is 0.625. The van der Waals surface area contributed by atoms with Crippen LogP contribution in [-0.2, 0) is 16.1 Å². The smallest absolute Gasteiger partial charge is 0.274 e. The van der Waals surface area contributed by atoms with Crippen molar-refractivity contribution in [3.8, 4) is 0 Å². The van der Waals surface area contributed by atoms with Crippen molar-refractivity contribution in [2.75, 3.05) is 0 Å². The molecule has 1 aromatic carbocycles. The average molecular weight is 316 g/mol. The number of hydrogen-bond acceptors (Lipinski definition) is 3. The lowest BCUT2D eigenvalue weighted by Crippen LogP contribution is -2.68. The van der Waals surface area contributed by atoms with E-state index in [4.69, 9.17) is 4.74 Å². The van der Waals surface area contributed by atoms with Gasteiger partial charge in [0.2, 0.25) is 0 Å². The monoisotopic (exact) mass is 316 g/mol. The number of benzene rings is 1. The largest absolute Gasteiger partial charge is 0.361 e. The molecular weight excluding hydrogens is 288 g/mol. The molecule has 0 unspecified atom stereocenters. The highest BCUT2D eigenvalue weighted by molar-refractivity contribution is 5.89. The molecule has 4 nitrogen and oxygen atoms in total. The molecule has 0 radical (unpaired) electrons. The van der Waals surface area contributed by atoms with Crippen LogP contribution >= 0.6 is 0 Å². The van der Waals surface area contributed by atoms with Gasteiger partial charge in [0, 0.05) is 6.21 Å². The number of carbonyl (C=O) groups is 1. The lowest BCUT2D eigenvalue weighted by atomic mass is 9.78. The van der Waals surface area contributed by atoms with Gasteiger partial charge < -0.3 is 4.74 Å². The minimum Gasteiger partial charge on any atom is -0.361 e. The molecule has 4 heteroatoms. The predicted octanol–water partition coefficient (Wildman–Crippen LogP) is 3.86. The summed E-state index contributed by atoms with van der Waals surface area (Å²) in [6.45, 7) is 13.0. The SMILES string of the molecule is CC(C)(C)/C=N/N1C(=O)[C@@H](OCc2ccccc2)[C@H]1C(C)(C)C. The van der Waals surface area contributed by atoms with Gasteiger partial charge in [-0.05, 0) is 16.4 Å². The van der Waals surface area contributed by atoms with E-state index in [1.165, 1.54) is 0 Å². The van der Waals surface area contributed by atoms with E-state index >= 15 is 0 Å². The molecule has 1 aliphatic rings. The van der Waals surface area contributed by atoms with Gasteiger partial charge in [-0.15, -0.1) is 0 Å². The Morgan fingerprint density at radius 1 is 1.13 bits per heavy atom. The Morgan fingerprint density at radius 2 is 1.74 bits per heavy atom. The summed E-state index contributed by atoms with van der Waals surface area (Å²) < 4.78 is 5.91. The summed E-state index contributed by atoms with van der Waals surface area (Å²) in [5.41, 5.74) is 0.924. The Labute approximate surface area is 139 Å². The van der Waals surface area contributed by atoms with Crippen molar-refractivity contribution in [2.45, 2.75) is 60.3 Å². The molecule has 1 fully saturated rings. The Morgan fingerprint density at radius 3 is 2.26 bits per heavy atom. The molecular formula is C19H28N2O2. The zero-order valence-electron chi connectivity index (χ0n) is 15.0. The van der Waals surface area contributed by atoms with Gasteiger partial charge in [-0.1, -0.05) is 71.9 Å². The fourth-order valence-corrected chi connectivity index (χ4v) is 2.56. The molecule has 2 rings (SSSR count). The van der Waals surface area contributed by atoms with E-state index in [0.717, 1.165) is 5.56 Å². The molecule has 0 saturated carbocycles. The normalized spacial score (nSPS) is 22.5. The fraction of sp³-hybridized carbons (Fsp3) is 0.579. The summed E-state index contributed by atoms with van der Waals surface area (Å²) in [6, 6.07) is 9.89. The topological polar surface area (TPSA) is 41.9 Å². The third-order valence-electron chi connectivity index (χ3n) is 3.75. The molecule has 0 aromatic heterocycles. The van der Waals surface area contributed by atoms with Gasteiger partial charge in [0.25, 0.3) is 5.91 Å². The lowest BCUT2D eigenvalue weighted by molar-refractivity contribution is -0.186. The van der Waals surface area contributed by atoms with Gasteiger partial charge >= 0.3 is 0 Å². The molecule has 0 bridgehead atoms. The highest BCUT2D eigenvalue weighted by Gasteiger charge is 2.54. The summed E-state index contributed by atoms with van der Waals surface area (Å²) in [5.74, 6) is -0.0543. The van der Waals surface area contributed by atoms with Crippen molar-refractivity contribution in [3.05, 3.63) is 35.9 Å². The Bertz CT molecular complexity index is 567. The number of amides is 1. The van der Waals surface area contributed by atoms with Crippen LogP contribution in [0.1, 0.15) is 47.1 Å². The second-order valence-corrected chi connectivity index (χ2v) is 8.32. The van der Waals surface area contributed by atoms with Crippen LogP contribution in [0.3, 0.4) is 0 Å². The number of nitrogens with zero attached hydrogens (tertiary/aromatic N) is 2. The van der Waals surface area contributed by atoms with Crippen LogP contribution in [0.5, 0.6) is 0 Å². The fourth-order valence-electron chi connectivity index (χ4n) is 2.56. The van der Waals surface area contributed by atoms with Crippen LogP contribution < -0.4 is 0 Å². The maximum atomic E-state index is 12.4. The van der Waals surface area contributed by atoms with Crippen molar-refractivity contribution < 1.29 is 9.53 Å². The predicted molar refractivity (Wildman–Crippen MR) is 93.1 cm³/mol. The van der Waals surface area contributed by atoms with Crippen LogP contribution in [0.25, 0.3) is 0 Å². The standard InChI is InChI=1S/C19H28N2O2/c1-18(2,3)13-20-21-16(19(4,5)6)15(17(21)22)23-12-14-10-8-7-9-11-14/h7-11,13,15-16H,12H2,1-6H3/b20-13+/t15-,16-/m0/s1. The Balaban J connectivity index is 2.08. The van der Waals surface area contributed by atoms with Gasteiger partial charge in [0.1, 0.15) is 0 Å². The Hall–Kier alpha value is -1.68. The molecule has 1 amide bonds. The van der Waals surface area contributed by atoms with Crippen molar-refractivity contribution in [1.29, 1.82) is 0 Å². The second kappa shape index (κ2) is 6.44. The van der Waals surface area contributed by atoms with Gasteiger partial charge in [-0.25, -0.2) is 5.01 Å². The zero-order chi connectivity index (χ0) is 17.3. The van der Waals surface area contributed by atoms with Gasteiger partial charge in [0.05, 0.1) is 12.6 Å². The molecule has 126 valence electrons. The maximum absolute atomic E-state index is 12.4. The third-order valence-corrected chi connectivity index (χ3v) is 3.75. The van der Waals surface area contributed by atoms with Crippen molar-refractivity contribution in [3.63, 3.8) is 0 Å². The van der Waals surface area contributed by atoms with E-state index in [1.54, 1.807) is 5.01 Å². The number of rotatable bonds is 4. The Kier molecular flexibility index (Phi) is 4.95. The van der Waals surface area contributed by atoms with Crippen LogP contribution in [0.2, 0.25) is 0 Å². The second-order valence-electron chi connectivity index (χ2n) is 8.32.